The first-order valence-corrected chi connectivity index (χ1v) is 13.8. The molecule has 4 aromatic rings. The van der Waals surface area contributed by atoms with Crippen LogP contribution in [-0.2, 0) is 16.6 Å². The molecule has 1 aliphatic heterocycles. The van der Waals surface area contributed by atoms with Crippen molar-refractivity contribution in [2.45, 2.75) is 26.3 Å². The van der Waals surface area contributed by atoms with Crippen LogP contribution in [0.25, 0.3) is 5.69 Å². The molecule has 0 saturated heterocycles. The van der Waals surface area contributed by atoms with Gasteiger partial charge in [0.15, 0.2) is 5.82 Å². The molecular weight excluding hydrogens is 514 g/mol. The van der Waals surface area contributed by atoms with Crippen molar-refractivity contribution in [3.8, 4) is 5.69 Å². The van der Waals surface area contributed by atoms with Crippen molar-refractivity contribution < 1.29 is 17.2 Å². The zero-order valence-electron chi connectivity index (χ0n) is 21.0. The average molecular weight is 541 g/mol. The first kappa shape index (κ1) is 25.7. The Morgan fingerprint density at radius 2 is 1.87 bits per heavy atom. The van der Waals surface area contributed by atoms with Gasteiger partial charge in [0, 0.05) is 36.8 Å². The number of nitrogens with zero attached hydrogens (tertiary/aromatic N) is 6. The van der Waals surface area contributed by atoms with E-state index in [2.05, 4.69) is 25.7 Å². The Bertz CT molecular complexity index is 1590. The summed E-state index contributed by atoms with van der Waals surface area (Å²) in [6.45, 7) is 4.39. The molecule has 0 aliphatic carbocycles. The van der Waals surface area contributed by atoms with E-state index in [1.165, 1.54) is 33.5 Å². The summed E-state index contributed by atoms with van der Waals surface area (Å²) in [7, 11) is -3.53. The number of benzene rings is 2. The minimum absolute atomic E-state index is 0.0923. The SMILES string of the molecule is CCNc1nc(Nc2ccc(-n3ncnc3C)c(F)c2)nc2c1CN(S(C)(=O)=O)CC2c1ccc(F)cc1. The molecule has 13 heteroatoms. The Labute approximate surface area is 218 Å². The molecule has 3 heterocycles. The van der Waals surface area contributed by atoms with Gasteiger partial charge in [0.25, 0.3) is 0 Å². The number of nitrogens with one attached hydrogen (secondary N) is 2. The Kier molecular flexibility index (Phi) is 6.80. The van der Waals surface area contributed by atoms with Crippen LogP contribution in [0.1, 0.15) is 35.5 Å². The molecule has 2 N–H and O–H groups in total. The van der Waals surface area contributed by atoms with Crippen LogP contribution < -0.4 is 10.6 Å². The standard InChI is InChI=1S/C25H26F2N8O2S/c1-4-28-24-20-13-34(38(3,36)37)12-19(16-5-7-17(26)8-6-16)23(20)32-25(33-24)31-18-9-10-22(21(27)11-18)35-15(2)29-14-30-35/h5-11,14,19H,4,12-13H2,1-3H3,(H2,28,31,32,33). The lowest BCUT2D eigenvalue weighted by atomic mass is 9.89. The molecule has 10 nitrogen and oxygen atoms in total. The van der Waals surface area contributed by atoms with E-state index < -0.39 is 27.6 Å². The fourth-order valence-electron chi connectivity index (χ4n) is 4.48. The van der Waals surface area contributed by atoms with E-state index in [9.17, 15) is 17.2 Å². The number of sulfonamides is 1. The van der Waals surface area contributed by atoms with E-state index in [1.54, 1.807) is 31.2 Å². The molecule has 38 heavy (non-hydrogen) atoms. The maximum Gasteiger partial charge on any atom is 0.229 e. The lowest BCUT2D eigenvalue weighted by Crippen LogP contribution is -2.39. The van der Waals surface area contributed by atoms with E-state index in [4.69, 9.17) is 4.98 Å². The predicted molar refractivity (Wildman–Crippen MR) is 139 cm³/mol. The van der Waals surface area contributed by atoms with Gasteiger partial charge in [-0.2, -0.15) is 14.4 Å². The highest BCUT2D eigenvalue weighted by atomic mass is 32.2. The van der Waals surface area contributed by atoms with E-state index >= 15 is 0 Å². The summed E-state index contributed by atoms with van der Waals surface area (Å²) in [4.78, 5) is 13.3. The summed E-state index contributed by atoms with van der Waals surface area (Å²) in [6.07, 6.45) is 2.51. The minimum Gasteiger partial charge on any atom is -0.370 e. The fraction of sp³-hybridized carbons (Fsp3) is 0.280. The number of hydrogen-bond acceptors (Lipinski definition) is 8. The van der Waals surface area contributed by atoms with Gasteiger partial charge in [0.1, 0.15) is 29.5 Å². The molecule has 0 saturated carbocycles. The monoisotopic (exact) mass is 540 g/mol. The third-order valence-corrected chi connectivity index (χ3v) is 7.54. The van der Waals surface area contributed by atoms with Crippen molar-refractivity contribution in [1.82, 2.24) is 29.0 Å². The Hall–Kier alpha value is -3.97. The second-order valence-corrected chi connectivity index (χ2v) is 10.9. The number of anilines is 3. The minimum atomic E-state index is -3.53. The average Bonchev–Trinajstić information content (AvgIpc) is 3.29. The molecule has 0 amide bonds. The molecule has 198 valence electrons. The van der Waals surface area contributed by atoms with Gasteiger partial charge in [0.05, 0.1) is 11.9 Å². The van der Waals surface area contributed by atoms with Crippen LogP contribution >= 0.6 is 0 Å². The Morgan fingerprint density at radius 1 is 1.11 bits per heavy atom. The topological polar surface area (TPSA) is 118 Å². The summed E-state index contributed by atoms with van der Waals surface area (Å²) < 4.78 is 56.4. The molecule has 0 radical (unpaired) electrons. The van der Waals surface area contributed by atoms with E-state index in [-0.39, 0.29) is 24.7 Å². The summed E-state index contributed by atoms with van der Waals surface area (Å²) in [5.41, 5.74) is 2.62. The van der Waals surface area contributed by atoms with Crippen LogP contribution in [0, 0.1) is 18.6 Å². The van der Waals surface area contributed by atoms with E-state index in [0.717, 1.165) is 6.26 Å². The molecule has 0 spiro atoms. The first-order valence-electron chi connectivity index (χ1n) is 11.9. The highest BCUT2D eigenvalue weighted by Gasteiger charge is 2.35. The first-order chi connectivity index (χ1) is 18.1. The molecule has 1 unspecified atom stereocenters. The number of aryl methyl sites for hydroxylation is 1. The normalized spacial score (nSPS) is 15.8. The quantitative estimate of drug-likeness (QED) is 0.364. The Morgan fingerprint density at radius 3 is 2.50 bits per heavy atom. The zero-order valence-corrected chi connectivity index (χ0v) is 21.8. The highest BCUT2D eigenvalue weighted by Crippen LogP contribution is 2.37. The smallest absolute Gasteiger partial charge is 0.229 e. The van der Waals surface area contributed by atoms with Crippen LogP contribution in [0.5, 0.6) is 0 Å². The van der Waals surface area contributed by atoms with E-state index in [1.807, 2.05) is 6.92 Å². The van der Waals surface area contributed by atoms with Crippen molar-refractivity contribution in [2.75, 3.05) is 30.0 Å². The summed E-state index contributed by atoms with van der Waals surface area (Å²) in [5.74, 6) is -0.145. The second kappa shape index (κ2) is 10.1. The maximum atomic E-state index is 15.0. The van der Waals surface area contributed by atoms with Gasteiger partial charge < -0.3 is 10.6 Å². The largest absolute Gasteiger partial charge is 0.370 e. The van der Waals surface area contributed by atoms with Gasteiger partial charge in [-0.05, 0) is 49.7 Å². The van der Waals surface area contributed by atoms with Crippen molar-refractivity contribution in [3.63, 3.8) is 0 Å². The predicted octanol–water partition coefficient (Wildman–Crippen LogP) is 3.73. The number of rotatable bonds is 7. The van der Waals surface area contributed by atoms with Crippen LogP contribution in [0.2, 0.25) is 0 Å². The van der Waals surface area contributed by atoms with Gasteiger partial charge in [-0.25, -0.2) is 31.8 Å². The molecule has 2 aromatic carbocycles. The molecule has 2 aromatic heterocycles. The lowest BCUT2D eigenvalue weighted by Gasteiger charge is -2.33. The number of aromatic nitrogens is 5. The van der Waals surface area contributed by atoms with Crippen LogP contribution in [0.3, 0.4) is 0 Å². The van der Waals surface area contributed by atoms with Gasteiger partial charge in [-0.15, -0.1) is 0 Å². The number of fused-ring (bicyclic) bond motifs is 1. The van der Waals surface area contributed by atoms with Crippen molar-refractivity contribution in [1.29, 1.82) is 0 Å². The molecule has 5 rings (SSSR count). The molecule has 0 bridgehead atoms. The zero-order chi connectivity index (χ0) is 27.0. The maximum absolute atomic E-state index is 15.0. The summed E-state index contributed by atoms with van der Waals surface area (Å²) in [5, 5.41) is 10.3. The van der Waals surface area contributed by atoms with Crippen LogP contribution in [0.4, 0.5) is 26.2 Å². The van der Waals surface area contributed by atoms with Gasteiger partial charge >= 0.3 is 0 Å². The third-order valence-electron chi connectivity index (χ3n) is 6.33. The van der Waals surface area contributed by atoms with Crippen LogP contribution in [-0.4, -0.2) is 56.8 Å². The summed E-state index contributed by atoms with van der Waals surface area (Å²) in [6, 6.07) is 10.5. The van der Waals surface area contributed by atoms with Gasteiger partial charge in [-0.1, -0.05) is 12.1 Å². The molecular formula is C25H26F2N8O2S. The summed E-state index contributed by atoms with van der Waals surface area (Å²) >= 11 is 0. The molecule has 0 fully saturated rings. The Balaban J connectivity index is 1.56. The van der Waals surface area contributed by atoms with E-state index in [0.29, 0.717) is 40.7 Å². The molecule has 1 aliphatic rings. The molecule has 1 atom stereocenters. The lowest BCUT2D eigenvalue weighted by molar-refractivity contribution is 0.370. The highest BCUT2D eigenvalue weighted by molar-refractivity contribution is 7.88. The number of halogens is 2. The van der Waals surface area contributed by atoms with Crippen LogP contribution in [0.15, 0.2) is 48.8 Å². The number of hydrogen-bond donors (Lipinski definition) is 2. The van der Waals surface area contributed by atoms with Crippen molar-refractivity contribution in [2.24, 2.45) is 0 Å². The van der Waals surface area contributed by atoms with Crippen molar-refractivity contribution in [3.05, 3.63) is 83.1 Å². The van der Waals surface area contributed by atoms with Gasteiger partial charge in [-0.3, -0.25) is 0 Å². The van der Waals surface area contributed by atoms with Crippen molar-refractivity contribution >= 4 is 27.5 Å². The van der Waals surface area contributed by atoms with Gasteiger partial charge in [0.2, 0.25) is 16.0 Å². The third kappa shape index (κ3) is 5.07. The fourth-order valence-corrected chi connectivity index (χ4v) is 5.26. The second-order valence-electron chi connectivity index (χ2n) is 8.96.